The molecule has 5 rings (SSSR count). The molecule has 39 heavy (non-hydrogen) atoms. The number of aryl methyl sites for hydroxylation is 2. The molecule has 0 bridgehead atoms. The lowest BCUT2D eigenvalue weighted by atomic mass is 10.0. The number of halogens is 2. The maximum atomic E-state index is 13.3. The molecule has 5 aromatic rings. The summed E-state index contributed by atoms with van der Waals surface area (Å²) in [5, 5.41) is 11.6. The van der Waals surface area contributed by atoms with Crippen molar-refractivity contribution in [3.05, 3.63) is 111 Å². The summed E-state index contributed by atoms with van der Waals surface area (Å²) in [6.07, 6.45) is 5.27. The molecular formula is C29H26Cl2N6O2. The molecule has 0 atom stereocenters. The number of amides is 2. The number of nitrogens with one attached hydrogen (secondary N) is 1. The van der Waals surface area contributed by atoms with E-state index in [-0.39, 0.29) is 22.3 Å². The van der Waals surface area contributed by atoms with E-state index in [1.165, 1.54) is 18.2 Å². The van der Waals surface area contributed by atoms with E-state index in [4.69, 9.17) is 28.9 Å². The number of nitrogens with zero attached hydrogens (tertiary/aromatic N) is 4. The van der Waals surface area contributed by atoms with Crippen LogP contribution in [0.3, 0.4) is 0 Å². The second-order valence-corrected chi connectivity index (χ2v) is 10.1. The van der Waals surface area contributed by atoms with Crippen molar-refractivity contribution in [2.24, 2.45) is 5.73 Å². The maximum absolute atomic E-state index is 13.3. The highest BCUT2D eigenvalue weighted by Gasteiger charge is 2.22. The smallest absolute Gasteiger partial charge is 0.255 e. The van der Waals surface area contributed by atoms with Crippen molar-refractivity contribution in [3.8, 4) is 5.69 Å². The van der Waals surface area contributed by atoms with E-state index in [0.717, 1.165) is 35.0 Å². The zero-order valence-electron chi connectivity index (χ0n) is 21.2. The number of benzene rings is 3. The molecule has 198 valence electrons. The molecule has 0 radical (unpaired) electrons. The molecular weight excluding hydrogens is 535 g/mol. The van der Waals surface area contributed by atoms with Crippen LogP contribution in [0.15, 0.2) is 73.3 Å². The van der Waals surface area contributed by atoms with Gasteiger partial charge in [0.05, 0.1) is 39.0 Å². The van der Waals surface area contributed by atoms with E-state index in [0.29, 0.717) is 17.7 Å². The van der Waals surface area contributed by atoms with Gasteiger partial charge in [0, 0.05) is 11.1 Å². The van der Waals surface area contributed by atoms with Gasteiger partial charge in [0.15, 0.2) is 0 Å². The van der Waals surface area contributed by atoms with E-state index in [9.17, 15) is 9.59 Å². The SMILES string of the molecule is Cc1ccc2c(c1)c(C(N)=O)c(CCCc1ccccc1)n2CNC(=O)c1c(Cl)cc(-n2cnnc2)cc1Cl. The summed E-state index contributed by atoms with van der Waals surface area (Å²) < 4.78 is 3.57. The molecule has 2 aromatic heterocycles. The number of carbonyl (C=O) groups excluding carboxylic acids is 2. The minimum Gasteiger partial charge on any atom is -0.366 e. The van der Waals surface area contributed by atoms with Gasteiger partial charge in [-0.15, -0.1) is 10.2 Å². The molecule has 0 unspecified atom stereocenters. The summed E-state index contributed by atoms with van der Waals surface area (Å²) in [4.78, 5) is 25.9. The minimum absolute atomic E-state index is 0.103. The fraction of sp³-hybridized carbons (Fsp3) is 0.172. The molecule has 0 aliphatic rings. The van der Waals surface area contributed by atoms with E-state index < -0.39 is 11.8 Å². The van der Waals surface area contributed by atoms with Gasteiger partial charge in [-0.2, -0.15) is 0 Å². The predicted octanol–water partition coefficient (Wildman–Crippen LogP) is 5.50. The first-order valence-corrected chi connectivity index (χ1v) is 13.2. The number of carbonyl (C=O) groups is 2. The van der Waals surface area contributed by atoms with E-state index in [1.807, 2.05) is 47.9 Å². The van der Waals surface area contributed by atoms with Crippen LogP contribution in [0.5, 0.6) is 0 Å². The molecule has 10 heteroatoms. The molecule has 8 nitrogen and oxygen atoms in total. The van der Waals surface area contributed by atoms with Gasteiger partial charge in [-0.25, -0.2) is 0 Å². The van der Waals surface area contributed by atoms with Crippen LogP contribution in [0.4, 0.5) is 0 Å². The highest BCUT2D eigenvalue weighted by Crippen LogP contribution is 2.30. The molecule has 0 saturated carbocycles. The molecule has 0 aliphatic carbocycles. The predicted molar refractivity (Wildman–Crippen MR) is 153 cm³/mol. The summed E-state index contributed by atoms with van der Waals surface area (Å²) in [5.74, 6) is -0.939. The number of primary amides is 1. The summed E-state index contributed by atoms with van der Waals surface area (Å²) in [7, 11) is 0. The lowest BCUT2D eigenvalue weighted by Crippen LogP contribution is -2.28. The first-order chi connectivity index (χ1) is 18.8. The van der Waals surface area contributed by atoms with Crippen molar-refractivity contribution in [1.29, 1.82) is 0 Å². The zero-order chi connectivity index (χ0) is 27.5. The summed E-state index contributed by atoms with van der Waals surface area (Å²) >= 11 is 13.0. The average molecular weight is 561 g/mol. The number of nitrogens with two attached hydrogens (primary N) is 1. The second-order valence-electron chi connectivity index (χ2n) is 9.29. The summed E-state index contributed by atoms with van der Waals surface area (Å²) in [6, 6.07) is 19.3. The van der Waals surface area contributed by atoms with E-state index in [1.54, 1.807) is 16.7 Å². The molecule has 0 spiro atoms. The van der Waals surface area contributed by atoms with Crippen LogP contribution in [-0.4, -0.2) is 31.1 Å². The topological polar surface area (TPSA) is 108 Å². The molecule has 3 aromatic carbocycles. The third-order valence-corrected chi connectivity index (χ3v) is 7.26. The van der Waals surface area contributed by atoms with E-state index in [2.05, 4.69) is 27.6 Å². The van der Waals surface area contributed by atoms with Crippen LogP contribution in [-0.2, 0) is 19.5 Å². The van der Waals surface area contributed by atoms with Crippen molar-refractivity contribution in [3.63, 3.8) is 0 Å². The Morgan fingerprint density at radius 1 is 0.923 bits per heavy atom. The number of rotatable bonds is 9. The van der Waals surface area contributed by atoms with Crippen LogP contribution in [0.25, 0.3) is 16.6 Å². The van der Waals surface area contributed by atoms with Crippen molar-refractivity contribution in [1.82, 2.24) is 24.6 Å². The Labute approximate surface area is 235 Å². The van der Waals surface area contributed by atoms with Gasteiger partial charge in [0.25, 0.3) is 11.8 Å². The van der Waals surface area contributed by atoms with Crippen molar-refractivity contribution in [2.75, 3.05) is 0 Å². The first-order valence-electron chi connectivity index (χ1n) is 12.4. The monoisotopic (exact) mass is 560 g/mol. The molecule has 0 aliphatic heterocycles. The van der Waals surface area contributed by atoms with Crippen LogP contribution in [0.1, 0.15) is 44.0 Å². The number of hydrogen-bond acceptors (Lipinski definition) is 4. The van der Waals surface area contributed by atoms with Crippen LogP contribution in [0.2, 0.25) is 10.0 Å². The Hall–Kier alpha value is -4.14. The normalized spacial score (nSPS) is 11.2. The molecule has 2 heterocycles. The number of fused-ring (bicyclic) bond motifs is 1. The second kappa shape index (κ2) is 11.3. The summed E-state index contributed by atoms with van der Waals surface area (Å²) in [5.41, 5.74) is 11.0. The van der Waals surface area contributed by atoms with Gasteiger partial charge in [0.1, 0.15) is 12.7 Å². The minimum atomic E-state index is -0.499. The lowest BCUT2D eigenvalue weighted by Gasteiger charge is -2.15. The van der Waals surface area contributed by atoms with Crippen LogP contribution >= 0.6 is 23.2 Å². The Kier molecular flexibility index (Phi) is 7.67. The fourth-order valence-electron chi connectivity index (χ4n) is 4.84. The first kappa shape index (κ1) is 26.5. The highest BCUT2D eigenvalue weighted by molar-refractivity contribution is 6.40. The quantitative estimate of drug-likeness (QED) is 0.248. The standard InChI is InChI=1S/C29H26Cl2N6O2/c1-18-10-11-24-21(12-18)26(28(32)38)25(9-5-8-19-6-3-2-4-7-19)37(24)15-33-29(39)27-22(30)13-20(14-23(27)31)36-16-34-35-17-36/h2-4,6-7,10-14,16-17H,5,8-9,15H2,1H3,(H2,32,38)(H,33,39). The molecule has 2 amide bonds. The largest absolute Gasteiger partial charge is 0.366 e. The van der Waals surface area contributed by atoms with Crippen LogP contribution < -0.4 is 11.1 Å². The van der Waals surface area contributed by atoms with Gasteiger partial charge in [0.2, 0.25) is 0 Å². The highest BCUT2D eigenvalue weighted by atomic mass is 35.5. The Balaban J connectivity index is 1.45. The lowest BCUT2D eigenvalue weighted by molar-refractivity contribution is 0.0942. The van der Waals surface area contributed by atoms with Crippen molar-refractivity contribution in [2.45, 2.75) is 32.9 Å². The van der Waals surface area contributed by atoms with Crippen LogP contribution in [0, 0.1) is 6.92 Å². The molecule has 3 N–H and O–H groups in total. The van der Waals surface area contributed by atoms with Gasteiger partial charge in [-0.3, -0.25) is 14.2 Å². The third kappa shape index (κ3) is 5.53. The fourth-order valence-corrected chi connectivity index (χ4v) is 5.49. The Morgan fingerprint density at radius 3 is 2.28 bits per heavy atom. The number of hydrogen-bond donors (Lipinski definition) is 2. The van der Waals surface area contributed by atoms with Crippen molar-refractivity contribution >= 4 is 45.9 Å². The molecule has 0 saturated heterocycles. The molecule has 0 fully saturated rings. The van der Waals surface area contributed by atoms with E-state index >= 15 is 0 Å². The summed E-state index contributed by atoms with van der Waals surface area (Å²) in [6.45, 7) is 2.07. The number of aromatic nitrogens is 4. The Bertz CT molecular complexity index is 1640. The average Bonchev–Trinajstić information content (AvgIpc) is 3.54. The zero-order valence-corrected chi connectivity index (χ0v) is 22.7. The van der Waals surface area contributed by atoms with Gasteiger partial charge in [-0.1, -0.05) is 65.2 Å². The van der Waals surface area contributed by atoms with Crippen molar-refractivity contribution < 1.29 is 9.59 Å². The maximum Gasteiger partial charge on any atom is 0.255 e. The van der Waals surface area contributed by atoms with Gasteiger partial charge in [-0.05, 0) is 56.0 Å². The Morgan fingerprint density at radius 2 is 1.62 bits per heavy atom. The van der Waals surface area contributed by atoms with Gasteiger partial charge >= 0.3 is 0 Å². The van der Waals surface area contributed by atoms with Gasteiger partial charge < -0.3 is 15.6 Å². The third-order valence-electron chi connectivity index (χ3n) is 6.66.